The monoisotopic (exact) mass is 535 g/mol. The van der Waals surface area contributed by atoms with Crippen LogP contribution >= 0.6 is 11.8 Å². The number of hydrogen-bond acceptors (Lipinski definition) is 5. The highest BCUT2D eigenvalue weighted by Crippen LogP contribution is 2.24. The third-order valence-electron chi connectivity index (χ3n) is 5.69. The summed E-state index contributed by atoms with van der Waals surface area (Å²) in [5.74, 6) is -1.33. The SMILES string of the molecule is CC(C)(C)c1ccc(C(=O)NCc2nnc(SCC(=O)Nc3ccccc3F)n2-c2ccc(F)cc2)cc1. The molecular formula is C28H27F2N5O2S. The molecule has 0 radical (unpaired) electrons. The van der Waals surface area contributed by atoms with Crippen LogP contribution in [0.15, 0.2) is 78.0 Å². The van der Waals surface area contributed by atoms with Crippen LogP contribution in [0.1, 0.15) is 42.5 Å². The number of para-hydroxylation sites is 1. The molecule has 0 atom stereocenters. The van der Waals surface area contributed by atoms with Gasteiger partial charge in [-0.15, -0.1) is 10.2 Å². The molecule has 1 aromatic heterocycles. The highest BCUT2D eigenvalue weighted by Gasteiger charge is 2.18. The summed E-state index contributed by atoms with van der Waals surface area (Å²) in [6.45, 7) is 6.35. The van der Waals surface area contributed by atoms with Gasteiger partial charge in [0.15, 0.2) is 11.0 Å². The number of amides is 2. The summed E-state index contributed by atoms with van der Waals surface area (Å²) in [6.07, 6.45) is 0. The summed E-state index contributed by atoms with van der Waals surface area (Å²) < 4.78 is 29.1. The lowest BCUT2D eigenvalue weighted by molar-refractivity contribution is -0.113. The van der Waals surface area contributed by atoms with E-state index in [1.165, 1.54) is 30.3 Å². The molecule has 3 aromatic carbocycles. The average Bonchev–Trinajstić information content (AvgIpc) is 3.30. The number of nitrogens with zero attached hydrogens (tertiary/aromatic N) is 3. The first-order valence-corrected chi connectivity index (χ1v) is 12.9. The van der Waals surface area contributed by atoms with Crippen LogP contribution in [0.25, 0.3) is 5.69 Å². The molecule has 7 nitrogen and oxygen atoms in total. The normalized spacial score (nSPS) is 11.3. The van der Waals surface area contributed by atoms with Crippen LogP contribution < -0.4 is 10.6 Å². The summed E-state index contributed by atoms with van der Waals surface area (Å²) in [4.78, 5) is 25.2. The molecule has 38 heavy (non-hydrogen) atoms. The summed E-state index contributed by atoms with van der Waals surface area (Å²) in [5, 5.41) is 14.1. The van der Waals surface area contributed by atoms with E-state index in [9.17, 15) is 18.4 Å². The molecule has 10 heteroatoms. The number of anilines is 1. The molecule has 0 spiro atoms. The molecule has 0 aliphatic heterocycles. The summed E-state index contributed by atoms with van der Waals surface area (Å²) in [7, 11) is 0. The van der Waals surface area contributed by atoms with E-state index in [4.69, 9.17) is 0 Å². The molecule has 2 amide bonds. The van der Waals surface area contributed by atoms with Crippen molar-refractivity contribution in [3.8, 4) is 5.69 Å². The van der Waals surface area contributed by atoms with Crippen molar-refractivity contribution in [3.63, 3.8) is 0 Å². The predicted molar refractivity (Wildman–Crippen MR) is 143 cm³/mol. The highest BCUT2D eigenvalue weighted by atomic mass is 32.2. The Morgan fingerprint density at radius 1 is 0.921 bits per heavy atom. The molecule has 4 rings (SSSR count). The number of aromatic nitrogens is 3. The van der Waals surface area contributed by atoms with E-state index >= 15 is 0 Å². The van der Waals surface area contributed by atoms with Gasteiger partial charge in [-0.1, -0.05) is 56.8 Å². The van der Waals surface area contributed by atoms with Gasteiger partial charge in [-0.3, -0.25) is 14.2 Å². The van der Waals surface area contributed by atoms with Gasteiger partial charge >= 0.3 is 0 Å². The quantitative estimate of drug-likeness (QED) is 0.291. The molecule has 0 saturated heterocycles. The van der Waals surface area contributed by atoms with Crippen LogP contribution in [0.2, 0.25) is 0 Å². The third-order valence-corrected chi connectivity index (χ3v) is 6.61. The fourth-order valence-electron chi connectivity index (χ4n) is 3.62. The standard InChI is InChI=1S/C28H27F2N5O2S/c1-28(2,3)19-10-8-18(9-11-19)26(37)31-16-24-33-34-27(35(24)21-14-12-20(29)13-15-21)38-17-25(36)32-23-7-5-4-6-22(23)30/h4-15H,16-17H2,1-3H3,(H,31,37)(H,32,36). The Morgan fingerprint density at radius 3 is 2.26 bits per heavy atom. The van der Waals surface area contributed by atoms with E-state index < -0.39 is 17.5 Å². The molecule has 0 bridgehead atoms. The number of thioether (sulfide) groups is 1. The number of carbonyl (C=O) groups is 2. The Morgan fingerprint density at radius 2 is 1.61 bits per heavy atom. The van der Waals surface area contributed by atoms with Gasteiger partial charge in [-0.05, 0) is 59.5 Å². The number of carbonyl (C=O) groups excluding carboxylic acids is 2. The van der Waals surface area contributed by atoms with Crippen molar-refractivity contribution in [1.82, 2.24) is 20.1 Å². The maximum absolute atomic E-state index is 13.9. The minimum absolute atomic E-state index is 0.0270. The van der Waals surface area contributed by atoms with Gasteiger partial charge in [0.2, 0.25) is 5.91 Å². The highest BCUT2D eigenvalue weighted by molar-refractivity contribution is 7.99. The molecule has 0 aliphatic carbocycles. The van der Waals surface area contributed by atoms with Crippen molar-refractivity contribution >= 4 is 29.3 Å². The van der Waals surface area contributed by atoms with Crippen molar-refractivity contribution in [2.75, 3.05) is 11.1 Å². The first kappa shape index (κ1) is 27.0. The van der Waals surface area contributed by atoms with Crippen LogP contribution in [0.3, 0.4) is 0 Å². The van der Waals surface area contributed by atoms with Crippen molar-refractivity contribution in [2.45, 2.75) is 37.9 Å². The van der Waals surface area contributed by atoms with E-state index in [1.807, 2.05) is 12.1 Å². The zero-order chi connectivity index (χ0) is 27.3. The second-order valence-electron chi connectivity index (χ2n) is 9.54. The van der Waals surface area contributed by atoms with Gasteiger partial charge in [0.25, 0.3) is 5.91 Å². The Balaban J connectivity index is 1.49. The van der Waals surface area contributed by atoms with Gasteiger partial charge in [-0.25, -0.2) is 8.78 Å². The lowest BCUT2D eigenvalue weighted by Crippen LogP contribution is -2.25. The van der Waals surface area contributed by atoms with Gasteiger partial charge < -0.3 is 10.6 Å². The third kappa shape index (κ3) is 6.63. The number of nitrogens with one attached hydrogen (secondary N) is 2. The number of halogens is 2. The Kier molecular flexibility index (Phi) is 8.21. The lowest BCUT2D eigenvalue weighted by atomic mass is 9.87. The van der Waals surface area contributed by atoms with E-state index in [0.717, 1.165) is 17.3 Å². The summed E-state index contributed by atoms with van der Waals surface area (Å²) in [5.41, 5.74) is 2.24. The van der Waals surface area contributed by atoms with Crippen molar-refractivity contribution in [3.05, 3.63) is 101 Å². The van der Waals surface area contributed by atoms with Crippen molar-refractivity contribution in [1.29, 1.82) is 0 Å². The van der Waals surface area contributed by atoms with Crippen LogP contribution in [0.5, 0.6) is 0 Å². The van der Waals surface area contributed by atoms with Gasteiger partial charge in [-0.2, -0.15) is 0 Å². The fraction of sp³-hybridized carbons (Fsp3) is 0.214. The fourth-order valence-corrected chi connectivity index (χ4v) is 4.39. The maximum Gasteiger partial charge on any atom is 0.251 e. The van der Waals surface area contributed by atoms with E-state index in [0.29, 0.717) is 22.2 Å². The first-order valence-electron chi connectivity index (χ1n) is 11.9. The van der Waals surface area contributed by atoms with Crippen molar-refractivity contribution in [2.24, 2.45) is 0 Å². The second-order valence-corrected chi connectivity index (χ2v) is 10.5. The number of hydrogen-bond donors (Lipinski definition) is 2. The first-order chi connectivity index (χ1) is 18.1. The smallest absolute Gasteiger partial charge is 0.251 e. The van der Waals surface area contributed by atoms with Crippen LogP contribution in [-0.2, 0) is 16.8 Å². The summed E-state index contributed by atoms with van der Waals surface area (Å²) in [6, 6.07) is 19.0. The number of benzene rings is 3. The second kappa shape index (κ2) is 11.6. The van der Waals surface area contributed by atoms with Crippen LogP contribution in [-0.4, -0.2) is 32.3 Å². The number of rotatable bonds is 8. The van der Waals surface area contributed by atoms with E-state index in [1.54, 1.807) is 34.9 Å². The van der Waals surface area contributed by atoms with E-state index in [2.05, 4.69) is 41.6 Å². The van der Waals surface area contributed by atoms with E-state index in [-0.39, 0.29) is 29.3 Å². The molecule has 4 aromatic rings. The Hall–Kier alpha value is -4.05. The van der Waals surface area contributed by atoms with Crippen molar-refractivity contribution < 1.29 is 18.4 Å². The van der Waals surface area contributed by atoms with Gasteiger partial charge in [0, 0.05) is 11.3 Å². The zero-order valence-electron chi connectivity index (χ0n) is 21.2. The molecule has 1 heterocycles. The van der Waals surface area contributed by atoms with Gasteiger partial charge in [0.05, 0.1) is 18.0 Å². The molecule has 0 unspecified atom stereocenters. The topological polar surface area (TPSA) is 88.9 Å². The Labute approximate surface area is 223 Å². The molecule has 196 valence electrons. The Bertz CT molecular complexity index is 1430. The largest absolute Gasteiger partial charge is 0.345 e. The van der Waals surface area contributed by atoms with Crippen LogP contribution in [0, 0.1) is 11.6 Å². The minimum atomic E-state index is -0.536. The predicted octanol–water partition coefficient (Wildman–Crippen LogP) is 5.50. The molecule has 0 saturated carbocycles. The molecule has 2 N–H and O–H groups in total. The molecule has 0 fully saturated rings. The average molecular weight is 536 g/mol. The van der Waals surface area contributed by atoms with Crippen LogP contribution in [0.4, 0.5) is 14.5 Å². The molecular weight excluding hydrogens is 508 g/mol. The minimum Gasteiger partial charge on any atom is -0.345 e. The van der Waals surface area contributed by atoms with Gasteiger partial charge in [0.1, 0.15) is 11.6 Å². The lowest BCUT2D eigenvalue weighted by Gasteiger charge is -2.19. The summed E-state index contributed by atoms with van der Waals surface area (Å²) >= 11 is 1.08. The zero-order valence-corrected chi connectivity index (χ0v) is 22.0. The molecule has 0 aliphatic rings. The maximum atomic E-state index is 13.9.